The normalized spacial score (nSPS) is 31.4. The fourth-order valence-electron chi connectivity index (χ4n) is 2.32. The number of fused-ring (bicyclic) bond motifs is 1. The Kier molecular flexibility index (Phi) is 2.62. The molecule has 2 aliphatic heterocycles. The number of hydrogen-bond acceptors (Lipinski definition) is 6. The predicted octanol–water partition coefficient (Wildman–Crippen LogP) is -0.261. The fourth-order valence-corrected chi connectivity index (χ4v) is 2.32. The van der Waals surface area contributed by atoms with E-state index >= 15 is 0 Å². The third-order valence-electron chi connectivity index (χ3n) is 3.23. The molecule has 0 spiro atoms. The molecule has 0 radical (unpaired) electrons. The monoisotopic (exact) mass is 237 g/mol. The first-order valence-corrected chi connectivity index (χ1v) is 5.69. The Morgan fingerprint density at radius 3 is 3.24 bits per heavy atom. The Hall–Kier alpha value is -1.37. The third-order valence-corrected chi connectivity index (χ3v) is 3.23. The summed E-state index contributed by atoms with van der Waals surface area (Å²) in [6.45, 7) is 0.454. The van der Waals surface area contributed by atoms with E-state index in [1.54, 1.807) is 6.20 Å². The van der Waals surface area contributed by atoms with Gasteiger partial charge in [-0.3, -0.25) is 0 Å². The molecule has 0 amide bonds. The van der Waals surface area contributed by atoms with Crippen molar-refractivity contribution in [3.63, 3.8) is 0 Å². The minimum absolute atomic E-state index is 0.159. The van der Waals surface area contributed by atoms with Crippen LogP contribution in [-0.4, -0.2) is 46.9 Å². The van der Waals surface area contributed by atoms with Crippen LogP contribution in [0.4, 0.5) is 11.5 Å². The summed E-state index contributed by atoms with van der Waals surface area (Å²) >= 11 is 0. The summed E-state index contributed by atoms with van der Waals surface area (Å²) < 4.78 is 5.61. The zero-order chi connectivity index (χ0) is 11.8. The zero-order valence-corrected chi connectivity index (χ0v) is 9.28. The van der Waals surface area contributed by atoms with Crippen LogP contribution < -0.4 is 10.2 Å². The van der Waals surface area contributed by atoms with Gasteiger partial charge in [-0.25, -0.2) is 4.98 Å². The molecule has 3 rings (SSSR count). The summed E-state index contributed by atoms with van der Waals surface area (Å²) in [6, 6.07) is 3.83. The summed E-state index contributed by atoms with van der Waals surface area (Å²) in [6.07, 6.45) is 0.882. The molecular formula is C11H15N3O3. The van der Waals surface area contributed by atoms with Crippen molar-refractivity contribution in [1.29, 1.82) is 0 Å². The molecule has 1 fully saturated rings. The number of nitrogens with one attached hydrogen (secondary N) is 1. The van der Waals surface area contributed by atoms with Crippen LogP contribution in [0, 0.1) is 0 Å². The van der Waals surface area contributed by atoms with Crippen LogP contribution in [0.2, 0.25) is 0 Å². The molecular weight excluding hydrogens is 222 g/mol. The van der Waals surface area contributed by atoms with E-state index in [-0.39, 0.29) is 12.8 Å². The van der Waals surface area contributed by atoms with Gasteiger partial charge in [0.1, 0.15) is 12.3 Å². The molecule has 3 atom stereocenters. The minimum Gasteiger partial charge on any atom is -0.394 e. The average molecular weight is 237 g/mol. The van der Waals surface area contributed by atoms with E-state index in [2.05, 4.69) is 10.3 Å². The van der Waals surface area contributed by atoms with Crippen LogP contribution in [0.1, 0.15) is 6.42 Å². The summed E-state index contributed by atoms with van der Waals surface area (Å²) in [4.78, 5) is 6.27. The lowest BCUT2D eigenvalue weighted by molar-refractivity contribution is -0.0218. The van der Waals surface area contributed by atoms with Crippen molar-refractivity contribution in [2.45, 2.75) is 24.9 Å². The SMILES string of the molecule is OC[C@H]1O[C@@H](N2CNc3cccnc32)C[C@@H]1O. The number of aliphatic hydroxyl groups is 2. The standard InChI is InChI=1S/C11H15N3O3/c15-5-9-8(16)4-10(17-9)14-6-13-7-2-1-3-12-11(7)14/h1-3,8-10,13,15-16H,4-6H2/t8-,9+,10+/m0/s1. The maximum Gasteiger partial charge on any atom is 0.155 e. The van der Waals surface area contributed by atoms with Crippen LogP contribution in [0.5, 0.6) is 0 Å². The van der Waals surface area contributed by atoms with Crippen LogP contribution in [-0.2, 0) is 4.74 Å². The second kappa shape index (κ2) is 4.14. The van der Waals surface area contributed by atoms with Gasteiger partial charge in [0.05, 0.1) is 25.1 Å². The fraction of sp³-hybridized carbons (Fsp3) is 0.545. The third kappa shape index (κ3) is 1.74. The molecule has 92 valence electrons. The smallest absolute Gasteiger partial charge is 0.155 e. The molecule has 6 heteroatoms. The second-order valence-electron chi connectivity index (χ2n) is 4.29. The predicted molar refractivity (Wildman–Crippen MR) is 61.6 cm³/mol. The van der Waals surface area contributed by atoms with Gasteiger partial charge in [-0.1, -0.05) is 0 Å². The highest BCUT2D eigenvalue weighted by Crippen LogP contribution is 2.34. The maximum absolute atomic E-state index is 9.72. The van der Waals surface area contributed by atoms with E-state index < -0.39 is 12.2 Å². The molecule has 0 aromatic carbocycles. The number of anilines is 2. The van der Waals surface area contributed by atoms with Gasteiger partial charge in [0.15, 0.2) is 5.82 Å². The number of aromatic nitrogens is 1. The lowest BCUT2D eigenvalue weighted by atomic mass is 10.2. The highest BCUT2D eigenvalue weighted by atomic mass is 16.5. The van der Waals surface area contributed by atoms with E-state index in [4.69, 9.17) is 9.84 Å². The quantitative estimate of drug-likeness (QED) is 0.658. The van der Waals surface area contributed by atoms with Crippen molar-refractivity contribution in [3.05, 3.63) is 18.3 Å². The van der Waals surface area contributed by atoms with Crippen molar-refractivity contribution in [3.8, 4) is 0 Å². The number of aliphatic hydroxyl groups excluding tert-OH is 2. The van der Waals surface area contributed by atoms with Gasteiger partial charge < -0.3 is 25.2 Å². The minimum atomic E-state index is -0.613. The average Bonchev–Trinajstić information content (AvgIpc) is 2.92. The molecule has 0 bridgehead atoms. The van der Waals surface area contributed by atoms with E-state index in [1.165, 1.54) is 0 Å². The Balaban J connectivity index is 1.79. The number of hydrogen-bond donors (Lipinski definition) is 3. The molecule has 0 unspecified atom stereocenters. The van der Waals surface area contributed by atoms with Gasteiger partial charge in [0, 0.05) is 12.6 Å². The largest absolute Gasteiger partial charge is 0.394 e. The Morgan fingerprint density at radius 2 is 2.47 bits per heavy atom. The molecule has 1 aromatic rings. The van der Waals surface area contributed by atoms with Crippen molar-refractivity contribution >= 4 is 11.5 Å². The van der Waals surface area contributed by atoms with Crippen LogP contribution in [0.25, 0.3) is 0 Å². The van der Waals surface area contributed by atoms with E-state index in [1.807, 2.05) is 17.0 Å². The molecule has 1 aromatic heterocycles. The van der Waals surface area contributed by atoms with Crippen molar-refractivity contribution < 1.29 is 14.9 Å². The highest BCUT2D eigenvalue weighted by Gasteiger charge is 2.39. The van der Waals surface area contributed by atoms with Gasteiger partial charge >= 0.3 is 0 Å². The summed E-state index contributed by atoms with van der Waals surface area (Å²) in [5.74, 6) is 0.836. The first-order chi connectivity index (χ1) is 8.29. The van der Waals surface area contributed by atoms with E-state index in [0.717, 1.165) is 11.5 Å². The number of nitrogens with zero attached hydrogens (tertiary/aromatic N) is 2. The number of rotatable bonds is 2. The van der Waals surface area contributed by atoms with E-state index in [9.17, 15) is 5.11 Å². The van der Waals surface area contributed by atoms with Gasteiger partial charge in [0.2, 0.25) is 0 Å². The molecule has 2 aliphatic rings. The topological polar surface area (TPSA) is 77.9 Å². The summed E-state index contributed by atoms with van der Waals surface area (Å²) in [5.41, 5.74) is 0.970. The van der Waals surface area contributed by atoms with Gasteiger partial charge in [-0.05, 0) is 12.1 Å². The number of pyridine rings is 1. The molecule has 6 nitrogen and oxygen atoms in total. The Labute approximate surface area is 98.8 Å². The lowest BCUT2D eigenvalue weighted by Crippen LogP contribution is -2.35. The van der Waals surface area contributed by atoms with Crippen LogP contribution in [0.3, 0.4) is 0 Å². The lowest BCUT2D eigenvalue weighted by Gasteiger charge is -2.24. The molecule has 0 aliphatic carbocycles. The molecule has 3 heterocycles. The molecule has 0 saturated carbocycles. The Morgan fingerprint density at radius 1 is 1.59 bits per heavy atom. The number of ether oxygens (including phenoxy) is 1. The van der Waals surface area contributed by atoms with Crippen molar-refractivity contribution in [1.82, 2.24) is 4.98 Å². The van der Waals surface area contributed by atoms with Gasteiger partial charge in [-0.15, -0.1) is 0 Å². The van der Waals surface area contributed by atoms with Crippen LogP contribution in [0.15, 0.2) is 18.3 Å². The second-order valence-corrected chi connectivity index (χ2v) is 4.29. The molecule has 17 heavy (non-hydrogen) atoms. The van der Waals surface area contributed by atoms with E-state index in [0.29, 0.717) is 13.1 Å². The molecule has 3 N–H and O–H groups in total. The summed E-state index contributed by atoms with van der Waals surface area (Å²) in [7, 11) is 0. The van der Waals surface area contributed by atoms with Crippen molar-refractivity contribution in [2.24, 2.45) is 0 Å². The first kappa shape index (κ1) is 10.8. The zero-order valence-electron chi connectivity index (χ0n) is 9.28. The molecule has 1 saturated heterocycles. The maximum atomic E-state index is 9.72. The van der Waals surface area contributed by atoms with Crippen molar-refractivity contribution in [2.75, 3.05) is 23.5 Å². The van der Waals surface area contributed by atoms with Crippen LogP contribution >= 0.6 is 0 Å². The first-order valence-electron chi connectivity index (χ1n) is 5.69. The Bertz CT molecular complexity index is 415. The summed E-state index contributed by atoms with van der Waals surface area (Å²) in [5, 5.41) is 22.0. The van der Waals surface area contributed by atoms with Gasteiger partial charge in [0.25, 0.3) is 0 Å². The van der Waals surface area contributed by atoms with Gasteiger partial charge in [-0.2, -0.15) is 0 Å². The highest BCUT2D eigenvalue weighted by molar-refractivity contribution is 5.70.